The average molecular weight is 379 g/mol. The van der Waals surface area contributed by atoms with Crippen molar-refractivity contribution in [3.05, 3.63) is 64.7 Å². The molecule has 0 spiro atoms. The zero-order chi connectivity index (χ0) is 20.1. The first kappa shape index (κ1) is 19.9. The lowest BCUT2D eigenvalue weighted by molar-refractivity contribution is -0.160. The largest absolute Gasteiger partial charge is 0.508 e. The van der Waals surface area contributed by atoms with Crippen molar-refractivity contribution in [2.75, 3.05) is 0 Å². The van der Waals surface area contributed by atoms with Crippen LogP contribution in [-0.4, -0.2) is 23.3 Å². The molecule has 0 bridgehead atoms. The molecule has 0 aromatic heterocycles. The van der Waals surface area contributed by atoms with E-state index >= 15 is 0 Å². The Labute approximate surface area is 165 Å². The van der Waals surface area contributed by atoms with Crippen LogP contribution in [-0.2, 0) is 20.7 Å². The molecule has 0 saturated carbocycles. The van der Waals surface area contributed by atoms with Gasteiger partial charge >= 0.3 is 5.97 Å². The highest BCUT2D eigenvalue weighted by Gasteiger charge is 2.31. The lowest BCUT2D eigenvalue weighted by Crippen LogP contribution is -2.33. The number of carbonyl (C=O) groups is 1. The van der Waals surface area contributed by atoms with Crippen LogP contribution in [0.15, 0.2) is 42.5 Å². The summed E-state index contributed by atoms with van der Waals surface area (Å²) in [6, 6.07) is 15.0. The third kappa shape index (κ3) is 4.90. The fourth-order valence-corrected chi connectivity index (χ4v) is 3.68. The molecule has 5 heteroatoms. The van der Waals surface area contributed by atoms with Gasteiger partial charge in [-0.3, -0.25) is 4.79 Å². The molecular formula is C23H25NO4. The number of hydrogen-bond donors (Lipinski definition) is 1. The number of ether oxygens (including phenoxy) is 2. The molecule has 1 fully saturated rings. The second kappa shape index (κ2) is 8.90. The molecule has 3 rings (SSSR count). The van der Waals surface area contributed by atoms with Crippen molar-refractivity contribution in [2.24, 2.45) is 0 Å². The van der Waals surface area contributed by atoms with Gasteiger partial charge in [0, 0.05) is 19.8 Å². The van der Waals surface area contributed by atoms with Crippen LogP contribution in [0.4, 0.5) is 0 Å². The third-order valence-corrected chi connectivity index (χ3v) is 5.10. The van der Waals surface area contributed by atoms with Crippen LogP contribution < -0.4 is 0 Å². The smallest absolute Gasteiger partial charge is 0.302 e. The molecule has 0 radical (unpaired) electrons. The van der Waals surface area contributed by atoms with Crippen LogP contribution in [0, 0.1) is 11.3 Å². The van der Waals surface area contributed by atoms with Gasteiger partial charge in [0.2, 0.25) is 0 Å². The van der Waals surface area contributed by atoms with Gasteiger partial charge in [-0.2, -0.15) is 5.26 Å². The van der Waals surface area contributed by atoms with E-state index in [2.05, 4.69) is 13.0 Å². The molecule has 3 unspecified atom stereocenters. The van der Waals surface area contributed by atoms with Crippen LogP contribution in [0.3, 0.4) is 0 Å². The second-order valence-corrected chi connectivity index (χ2v) is 7.23. The Morgan fingerprint density at radius 1 is 1.25 bits per heavy atom. The summed E-state index contributed by atoms with van der Waals surface area (Å²) in [5, 5.41) is 19.0. The molecule has 2 aromatic carbocycles. The first-order valence-corrected chi connectivity index (χ1v) is 9.62. The summed E-state index contributed by atoms with van der Waals surface area (Å²) in [6.07, 6.45) is 2.48. The summed E-state index contributed by atoms with van der Waals surface area (Å²) in [6.45, 7) is 3.50. The summed E-state index contributed by atoms with van der Waals surface area (Å²) in [5.74, 6) is -0.0518. The average Bonchev–Trinajstić information content (AvgIpc) is 2.69. The standard InChI is InChI=1S/C23H25NO4/c1-3-21-12-22(27-15(2)25)13-23(28-21)17-6-7-18(14-24)19(11-17)10-16-4-8-20(26)9-5-16/h4-9,11,21-23,26H,3,10,12-13H2,1-2H3. The van der Waals surface area contributed by atoms with Gasteiger partial charge in [0.05, 0.1) is 23.8 Å². The van der Waals surface area contributed by atoms with E-state index in [1.807, 2.05) is 30.3 Å². The number of esters is 1. The SMILES string of the molecule is CCC1CC(OC(C)=O)CC(c2ccc(C#N)c(Cc3ccc(O)cc3)c2)O1. The fourth-order valence-electron chi connectivity index (χ4n) is 3.68. The Hall–Kier alpha value is -2.84. The molecule has 28 heavy (non-hydrogen) atoms. The number of benzene rings is 2. The first-order chi connectivity index (χ1) is 13.5. The van der Waals surface area contributed by atoms with Gasteiger partial charge < -0.3 is 14.6 Å². The zero-order valence-corrected chi connectivity index (χ0v) is 16.2. The fraction of sp³-hybridized carbons (Fsp3) is 0.391. The van der Waals surface area contributed by atoms with Gasteiger partial charge in [0.15, 0.2) is 0 Å². The summed E-state index contributed by atoms with van der Waals surface area (Å²) < 4.78 is 11.7. The normalized spacial score (nSPS) is 21.7. The van der Waals surface area contributed by atoms with Crippen molar-refractivity contribution in [1.29, 1.82) is 5.26 Å². The van der Waals surface area contributed by atoms with Gasteiger partial charge in [-0.15, -0.1) is 0 Å². The van der Waals surface area contributed by atoms with Crippen LogP contribution in [0.1, 0.15) is 61.5 Å². The molecule has 5 nitrogen and oxygen atoms in total. The predicted molar refractivity (Wildman–Crippen MR) is 105 cm³/mol. The lowest BCUT2D eigenvalue weighted by atomic mass is 9.91. The van der Waals surface area contributed by atoms with Gasteiger partial charge in [-0.25, -0.2) is 0 Å². The number of nitriles is 1. The highest BCUT2D eigenvalue weighted by molar-refractivity contribution is 5.66. The van der Waals surface area contributed by atoms with Gasteiger partial charge in [0.1, 0.15) is 11.9 Å². The van der Waals surface area contributed by atoms with Crippen molar-refractivity contribution in [3.8, 4) is 11.8 Å². The molecule has 2 aromatic rings. The number of rotatable bonds is 5. The summed E-state index contributed by atoms with van der Waals surface area (Å²) in [5.41, 5.74) is 3.54. The predicted octanol–water partition coefficient (Wildman–Crippen LogP) is 4.42. The van der Waals surface area contributed by atoms with Crippen LogP contribution in [0.25, 0.3) is 0 Å². The van der Waals surface area contributed by atoms with Gasteiger partial charge in [-0.1, -0.05) is 31.2 Å². The number of nitrogens with zero attached hydrogens (tertiary/aromatic N) is 1. The number of aromatic hydroxyl groups is 1. The highest BCUT2D eigenvalue weighted by Crippen LogP contribution is 2.35. The Morgan fingerprint density at radius 3 is 2.64 bits per heavy atom. The maximum atomic E-state index is 11.4. The van der Waals surface area contributed by atoms with Crippen LogP contribution in [0.5, 0.6) is 5.75 Å². The zero-order valence-electron chi connectivity index (χ0n) is 16.2. The van der Waals surface area contributed by atoms with Gasteiger partial charge in [0.25, 0.3) is 0 Å². The summed E-state index contributed by atoms with van der Waals surface area (Å²) >= 11 is 0. The Kier molecular flexibility index (Phi) is 6.33. The third-order valence-electron chi connectivity index (χ3n) is 5.10. The molecule has 146 valence electrons. The Bertz CT molecular complexity index is 869. The Morgan fingerprint density at radius 2 is 2.00 bits per heavy atom. The number of phenols is 1. The van der Waals surface area contributed by atoms with Crippen molar-refractivity contribution in [1.82, 2.24) is 0 Å². The van der Waals surface area contributed by atoms with Crippen LogP contribution in [0.2, 0.25) is 0 Å². The van der Waals surface area contributed by atoms with E-state index in [1.165, 1.54) is 6.92 Å². The quantitative estimate of drug-likeness (QED) is 0.778. The molecular weight excluding hydrogens is 354 g/mol. The van der Waals surface area contributed by atoms with E-state index in [0.717, 1.165) is 23.1 Å². The van der Waals surface area contributed by atoms with Gasteiger partial charge in [-0.05, 0) is 47.7 Å². The number of hydrogen-bond acceptors (Lipinski definition) is 5. The Balaban J connectivity index is 1.85. The van der Waals surface area contributed by atoms with Crippen molar-refractivity contribution >= 4 is 5.97 Å². The highest BCUT2D eigenvalue weighted by atomic mass is 16.6. The molecule has 1 N–H and O–H groups in total. The minimum absolute atomic E-state index is 0.0410. The molecule has 3 atom stereocenters. The van der Waals surface area contributed by atoms with E-state index < -0.39 is 0 Å². The molecule has 0 aliphatic carbocycles. The molecule has 1 aliphatic rings. The topological polar surface area (TPSA) is 79.6 Å². The lowest BCUT2D eigenvalue weighted by Gasteiger charge is -2.35. The molecule has 1 aliphatic heterocycles. The number of carbonyl (C=O) groups excluding carboxylic acids is 1. The maximum absolute atomic E-state index is 11.4. The molecule has 0 amide bonds. The number of phenolic OH excluding ortho intramolecular Hbond substituents is 1. The monoisotopic (exact) mass is 379 g/mol. The molecule has 1 saturated heterocycles. The van der Waals surface area contributed by atoms with E-state index in [0.29, 0.717) is 24.8 Å². The van der Waals surface area contributed by atoms with E-state index in [9.17, 15) is 15.2 Å². The van der Waals surface area contributed by atoms with E-state index in [4.69, 9.17) is 9.47 Å². The van der Waals surface area contributed by atoms with E-state index in [1.54, 1.807) is 12.1 Å². The minimum Gasteiger partial charge on any atom is -0.508 e. The minimum atomic E-state index is -0.270. The van der Waals surface area contributed by atoms with Crippen molar-refractivity contribution < 1.29 is 19.4 Å². The van der Waals surface area contributed by atoms with Crippen molar-refractivity contribution in [2.45, 2.75) is 57.8 Å². The molecule has 1 heterocycles. The van der Waals surface area contributed by atoms with E-state index in [-0.39, 0.29) is 30.0 Å². The summed E-state index contributed by atoms with van der Waals surface area (Å²) in [4.78, 5) is 11.4. The van der Waals surface area contributed by atoms with Crippen molar-refractivity contribution in [3.63, 3.8) is 0 Å². The second-order valence-electron chi connectivity index (χ2n) is 7.23. The van der Waals surface area contributed by atoms with Crippen LogP contribution >= 0.6 is 0 Å². The summed E-state index contributed by atoms with van der Waals surface area (Å²) in [7, 11) is 0. The maximum Gasteiger partial charge on any atom is 0.302 e. The first-order valence-electron chi connectivity index (χ1n) is 9.62.